The van der Waals surface area contributed by atoms with Crippen molar-refractivity contribution >= 4 is 0 Å². The van der Waals surface area contributed by atoms with Crippen LogP contribution in [0, 0.1) is 0 Å². The van der Waals surface area contributed by atoms with Crippen molar-refractivity contribution in [1.82, 2.24) is 0 Å². The molecule has 0 amide bonds. The summed E-state index contributed by atoms with van der Waals surface area (Å²) in [6, 6.07) is 60.0. The fourth-order valence-electron chi connectivity index (χ4n) is 8.69. The molecule has 3 aliphatic heterocycles. The second-order valence-electron chi connectivity index (χ2n) is 16.7. The summed E-state index contributed by atoms with van der Waals surface area (Å²) in [6.45, 7) is 1.98. The summed E-state index contributed by atoms with van der Waals surface area (Å²) in [5.41, 5.74) is 5.93. The maximum Gasteiger partial charge on any atom is 0.315 e. The van der Waals surface area contributed by atoms with Gasteiger partial charge in [-0.15, -0.1) is 0 Å². The van der Waals surface area contributed by atoms with Crippen LogP contribution in [0.3, 0.4) is 0 Å². The number of hydrogen-bond acceptors (Lipinski definition) is 11. The summed E-state index contributed by atoms with van der Waals surface area (Å²) in [7, 11) is 1.60. The highest BCUT2D eigenvalue weighted by Crippen LogP contribution is 2.48. The molecule has 1 unspecified atom stereocenters. The maximum atomic E-state index is 7.31. The summed E-state index contributed by atoms with van der Waals surface area (Å²) in [4.78, 5) is 0. The number of benzene rings is 6. The van der Waals surface area contributed by atoms with Gasteiger partial charge in [0.15, 0.2) is 12.4 Å². The predicted octanol–water partition coefficient (Wildman–Crippen LogP) is 8.97. The average molecular weight is 895 g/mol. The van der Waals surface area contributed by atoms with E-state index >= 15 is 0 Å². The number of ether oxygens (including phenoxy) is 11. The summed E-state index contributed by atoms with van der Waals surface area (Å²) in [5, 5.41) is 0. The first-order valence-electron chi connectivity index (χ1n) is 22.7. The van der Waals surface area contributed by atoms with Crippen molar-refractivity contribution in [2.45, 2.75) is 101 Å². The third-order valence-corrected chi connectivity index (χ3v) is 12.0. The third-order valence-electron chi connectivity index (χ3n) is 12.0. The molecule has 3 aliphatic rings. The van der Waals surface area contributed by atoms with Gasteiger partial charge in [-0.05, 0) is 33.4 Å². The Kier molecular flexibility index (Phi) is 16.1. The smallest absolute Gasteiger partial charge is 0.315 e. The van der Waals surface area contributed by atoms with Gasteiger partial charge in [0, 0.05) is 7.11 Å². The summed E-state index contributed by atoms with van der Waals surface area (Å²) in [5.74, 6) is -1.88. The van der Waals surface area contributed by atoms with Crippen LogP contribution in [0.5, 0.6) is 0 Å². The van der Waals surface area contributed by atoms with Gasteiger partial charge < -0.3 is 52.1 Å². The van der Waals surface area contributed by atoms with Crippen LogP contribution < -0.4 is 0 Å². The largest absolute Gasteiger partial charge is 0.374 e. The second kappa shape index (κ2) is 23.1. The molecule has 0 radical (unpaired) electrons. The van der Waals surface area contributed by atoms with E-state index in [1.807, 2.05) is 182 Å². The second-order valence-corrected chi connectivity index (χ2v) is 16.7. The van der Waals surface area contributed by atoms with Crippen molar-refractivity contribution in [3.63, 3.8) is 0 Å². The molecule has 3 heterocycles. The Hall–Kier alpha value is -5.12. The van der Waals surface area contributed by atoms with Crippen molar-refractivity contribution in [2.75, 3.05) is 20.3 Å². The van der Waals surface area contributed by atoms with Crippen molar-refractivity contribution in [1.29, 1.82) is 0 Å². The normalized spacial score (nSPS) is 27.1. The van der Waals surface area contributed by atoms with Crippen LogP contribution in [0.2, 0.25) is 0 Å². The highest BCUT2D eigenvalue weighted by molar-refractivity contribution is 5.18. The van der Waals surface area contributed by atoms with Gasteiger partial charge in [0.05, 0.1) is 52.9 Å². The lowest BCUT2D eigenvalue weighted by molar-refractivity contribution is -0.449. The van der Waals surface area contributed by atoms with Gasteiger partial charge in [0.2, 0.25) is 0 Å². The lowest BCUT2D eigenvalue weighted by Crippen LogP contribution is -2.68. The summed E-state index contributed by atoms with van der Waals surface area (Å²) >= 11 is 0. The molecule has 3 saturated heterocycles. The molecule has 10 atom stereocenters. The molecule has 6 aromatic rings. The topological polar surface area (TPSA) is 102 Å². The van der Waals surface area contributed by atoms with Crippen LogP contribution in [0.1, 0.15) is 33.4 Å². The van der Waals surface area contributed by atoms with Crippen molar-refractivity contribution in [2.24, 2.45) is 0 Å². The molecule has 3 fully saturated rings. The third kappa shape index (κ3) is 11.7. The molecule has 1 spiro atoms. The SMILES string of the molecule is CO[C@H]1O[C@H](COCc2ccccc2)[C@@H]2OC3(O[C@@H]2[C@H]1OCc1ccccc1)O[C@H](COCc1ccccc1)[C@@H](OCc1ccccc1)[C@H](OCc1ccccc1)[C@H]3OCc1ccccc1. The minimum absolute atomic E-state index is 0.115. The first kappa shape index (κ1) is 46.0. The highest BCUT2D eigenvalue weighted by atomic mass is 16.9. The van der Waals surface area contributed by atoms with Gasteiger partial charge in [-0.1, -0.05) is 182 Å². The molecular formula is C55H58O11. The molecule has 0 aromatic heterocycles. The van der Waals surface area contributed by atoms with Crippen LogP contribution in [0.4, 0.5) is 0 Å². The molecule has 11 heteroatoms. The molecule has 6 aromatic carbocycles. The van der Waals surface area contributed by atoms with E-state index in [4.69, 9.17) is 52.1 Å². The van der Waals surface area contributed by atoms with Crippen LogP contribution in [-0.2, 0) is 91.7 Å². The zero-order valence-corrected chi connectivity index (χ0v) is 37.2. The van der Waals surface area contributed by atoms with Crippen LogP contribution in [0.25, 0.3) is 0 Å². The summed E-state index contributed by atoms with van der Waals surface area (Å²) < 4.78 is 75.2. The number of hydrogen-bond donors (Lipinski definition) is 0. The van der Waals surface area contributed by atoms with Crippen molar-refractivity contribution < 1.29 is 52.1 Å². The van der Waals surface area contributed by atoms with E-state index in [9.17, 15) is 0 Å². The molecule has 0 aliphatic carbocycles. The van der Waals surface area contributed by atoms with Crippen molar-refractivity contribution in [3.05, 3.63) is 215 Å². The molecule has 0 N–H and O–H groups in total. The van der Waals surface area contributed by atoms with Gasteiger partial charge in [-0.2, -0.15) is 0 Å². The lowest BCUT2D eigenvalue weighted by Gasteiger charge is -2.49. The lowest BCUT2D eigenvalue weighted by atomic mass is 9.96. The number of fused-ring (bicyclic) bond motifs is 1. The van der Waals surface area contributed by atoms with E-state index in [1.165, 1.54) is 0 Å². The van der Waals surface area contributed by atoms with E-state index in [-0.39, 0.29) is 39.6 Å². The van der Waals surface area contributed by atoms with Crippen molar-refractivity contribution in [3.8, 4) is 0 Å². The molecule has 344 valence electrons. The highest BCUT2D eigenvalue weighted by Gasteiger charge is 2.68. The van der Waals surface area contributed by atoms with E-state index < -0.39 is 61.1 Å². The van der Waals surface area contributed by atoms with Gasteiger partial charge in [0.25, 0.3) is 0 Å². The maximum absolute atomic E-state index is 7.31. The quantitative estimate of drug-likeness (QED) is 0.0693. The molecule has 66 heavy (non-hydrogen) atoms. The van der Waals surface area contributed by atoms with E-state index in [2.05, 4.69) is 0 Å². The number of methoxy groups -OCH3 is 1. The Labute approximate surface area is 387 Å². The fourth-order valence-corrected chi connectivity index (χ4v) is 8.69. The Morgan fingerprint density at radius 2 is 0.742 bits per heavy atom. The zero-order valence-electron chi connectivity index (χ0n) is 37.2. The first-order valence-corrected chi connectivity index (χ1v) is 22.7. The molecule has 9 rings (SSSR count). The van der Waals surface area contributed by atoms with Gasteiger partial charge in [0.1, 0.15) is 42.7 Å². The Balaban J connectivity index is 1.10. The monoisotopic (exact) mass is 894 g/mol. The van der Waals surface area contributed by atoms with Crippen LogP contribution >= 0.6 is 0 Å². The standard InChI is InChI=1S/C55H58O11/c1-56-54-52(61-36-44-28-16-6-17-29-44)50-49(46(63-54)38-57-32-40-20-8-2-9-21-40)65-55(66-50)53(62-37-45-30-18-7-19-31-45)51(60-35-43-26-14-5-15-27-43)48(59-34-42-24-12-4-13-25-42)47(64-55)39-58-33-41-22-10-3-11-23-41/h2-31,46-54H,32-39H2,1H3/t46-,47-,48-,49+,50+,51+,52-,53-,54+,55?/m1/s1. The van der Waals surface area contributed by atoms with Crippen LogP contribution in [0.15, 0.2) is 182 Å². The van der Waals surface area contributed by atoms with Gasteiger partial charge in [-0.3, -0.25) is 0 Å². The minimum atomic E-state index is -1.88. The number of rotatable bonds is 21. The van der Waals surface area contributed by atoms with E-state index in [0.717, 1.165) is 33.4 Å². The molecule has 0 bridgehead atoms. The van der Waals surface area contributed by atoms with Crippen LogP contribution in [-0.4, -0.2) is 81.4 Å². The predicted molar refractivity (Wildman–Crippen MR) is 245 cm³/mol. The fraction of sp³-hybridized carbons (Fsp3) is 0.345. The minimum Gasteiger partial charge on any atom is -0.374 e. The average Bonchev–Trinajstić information content (AvgIpc) is 3.76. The Bertz CT molecular complexity index is 2290. The molecular weight excluding hydrogens is 837 g/mol. The zero-order chi connectivity index (χ0) is 44.8. The van der Waals surface area contributed by atoms with E-state index in [0.29, 0.717) is 13.2 Å². The van der Waals surface area contributed by atoms with Gasteiger partial charge >= 0.3 is 5.97 Å². The van der Waals surface area contributed by atoms with Gasteiger partial charge in [-0.25, -0.2) is 0 Å². The van der Waals surface area contributed by atoms with E-state index in [1.54, 1.807) is 7.11 Å². The Morgan fingerprint density at radius 3 is 1.18 bits per heavy atom. The summed E-state index contributed by atoms with van der Waals surface area (Å²) in [6.07, 6.45) is -7.13. The Morgan fingerprint density at radius 1 is 0.379 bits per heavy atom. The molecule has 0 saturated carbocycles. The molecule has 11 nitrogen and oxygen atoms in total. The first-order chi connectivity index (χ1) is 32.6.